The molecule has 3 rings (SSSR count). The van der Waals surface area contributed by atoms with E-state index in [9.17, 15) is 9.90 Å². The highest BCUT2D eigenvalue weighted by Gasteiger charge is 2.28. The van der Waals surface area contributed by atoms with Crippen molar-refractivity contribution in [2.24, 2.45) is 4.99 Å². The van der Waals surface area contributed by atoms with Crippen molar-refractivity contribution in [3.63, 3.8) is 0 Å². The summed E-state index contributed by atoms with van der Waals surface area (Å²) in [6.07, 6.45) is -1.15. The zero-order valence-electron chi connectivity index (χ0n) is 13.0. The number of carboxylic acids is 1. The van der Waals surface area contributed by atoms with E-state index in [2.05, 4.69) is 10.3 Å². The summed E-state index contributed by atoms with van der Waals surface area (Å²) in [6.45, 7) is 0.882. The van der Waals surface area contributed by atoms with E-state index >= 15 is 0 Å². The van der Waals surface area contributed by atoms with Gasteiger partial charge in [-0.1, -0.05) is 59.6 Å². The third kappa shape index (κ3) is 4.04. The largest absolute Gasteiger partial charge is 0.479 e. The molecule has 25 heavy (non-hydrogen) atoms. The predicted molar refractivity (Wildman–Crippen MR) is 97.0 cm³/mol. The molecule has 2 aromatic rings. The molecular weight excluding hydrogens is 365 g/mol. The van der Waals surface area contributed by atoms with E-state index in [0.717, 1.165) is 0 Å². The van der Waals surface area contributed by atoms with E-state index in [1.54, 1.807) is 42.5 Å². The first-order valence-electron chi connectivity index (χ1n) is 7.54. The molecule has 0 bridgehead atoms. The van der Waals surface area contributed by atoms with Gasteiger partial charge in [-0.3, -0.25) is 4.84 Å². The van der Waals surface area contributed by atoms with Gasteiger partial charge in [-0.15, -0.1) is 0 Å². The van der Waals surface area contributed by atoms with Crippen LogP contribution in [0.15, 0.2) is 53.5 Å². The lowest BCUT2D eigenvalue weighted by Crippen LogP contribution is -2.36. The number of nitrogens with zero attached hydrogens (tertiary/aromatic N) is 2. The van der Waals surface area contributed by atoms with Crippen LogP contribution in [-0.4, -0.2) is 35.2 Å². The van der Waals surface area contributed by atoms with Crippen LogP contribution in [0.4, 0.5) is 5.69 Å². The summed E-state index contributed by atoms with van der Waals surface area (Å²) in [5.41, 5.74) is 1.03. The summed E-state index contributed by atoms with van der Waals surface area (Å²) in [7, 11) is 0. The highest BCUT2D eigenvalue weighted by molar-refractivity contribution is 6.39. The highest BCUT2D eigenvalue weighted by atomic mass is 35.5. The molecule has 0 amide bonds. The summed E-state index contributed by atoms with van der Waals surface area (Å²) in [5, 5.41) is 14.8. The smallest absolute Gasteiger partial charge is 0.340 e. The number of halogens is 2. The van der Waals surface area contributed by atoms with Crippen LogP contribution < -0.4 is 5.32 Å². The van der Waals surface area contributed by atoms with E-state index in [0.29, 0.717) is 40.3 Å². The van der Waals surface area contributed by atoms with E-state index in [-0.39, 0.29) is 0 Å². The third-order valence-corrected chi connectivity index (χ3v) is 4.19. The number of aliphatic carboxylic acids is 1. The van der Waals surface area contributed by atoms with Gasteiger partial charge in [0.25, 0.3) is 0 Å². The second kappa shape index (κ2) is 7.74. The molecule has 1 heterocycles. The van der Waals surface area contributed by atoms with Crippen LogP contribution in [0.2, 0.25) is 10.0 Å². The first-order chi connectivity index (χ1) is 12.1. The summed E-state index contributed by atoms with van der Waals surface area (Å²) in [4.78, 5) is 21.6. The Balaban J connectivity index is 1.78. The first-order valence-corrected chi connectivity index (χ1v) is 8.29. The van der Waals surface area contributed by atoms with Crippen molar-refractivity contribution in [1.82, 2.24) is 5.06 Å². The molecule has 0 aromatic heterocycles. The van der Waals surface area contributed by atoms with Crippen LogP contribution >= 0.6 is 23.2 Å². The summed E-state index contributed by atoms with van der Waals surface area (Å²) in [5.74, 6) is -0.731. The van der Waals surface area contributed by atoms with Crippen LogP contribution in [0.3, 0.4) is 0 Å². The minimum atomic E-state index is -1.15. The van der Waals surface area contributed by atoms with Crippen molar-refractivity contribution < 1.29 is 14.7 Å². The Morgan fingerprint density at radius 2 is 1.84 bits per heavy atom. The SMILES string of the molecule is O=C(O)C(ON1CCN=C1Nc1c(Cl)cccc1Cl)c1ccccc1. The molecule has 1 aliphatic heterocycles. The number of guanidine groups is 1. The number of para-hydroxylation sites is 1. The molecule has 0 fully saturated rings. The molecule has 2 aromatic carbocycles. The summed E-state index contributed by atoms with van der Waals surface area (Å²) >= 11 is 12.3. The normalized spacial score (nSPS) is 15.0. The van der Waals surface area contributed by atoms with Gasteiger partial charge in [-0.25, -0.2) is 14.9 Å². The Labute approximate surface area is 154 Å². The first kappa shape index (κ1) is 17.5. The molecule has 1 atom stereocenters. The molecular formula is C17H15Cl2N3O3. The Morgan fingerprint density at radius 3 is 2.48 bits per heavy atom. The Bertz CT molecular complexity index is 779. The van der Waals surface area contributed by atoms with Crippen molar-refractivity contribution in [1.29, 1.82) is 0 Å². The van der Waals surface area contributed by atoms with Gasteiger partial charge in [-0.2, -0.15) is 0 Å². The monoisotopic (exact) mass is 379 g/mol. The number of benzene rings is 2. The van der Waals surface area contributed by atoms with Crippen LogP contribution in [-0.2, 0) is 9.63 Å². The van der Waals surface area contributed by atoms with Gasteiger partial charge in [0, 0.05) is 0 Å². The average molecular weight is 380 g/mol. The van der Waals surface area contributed by atoms with E-state index in [1.165, 1.54) is 5.06 Å². The number of anilines is 1. The van der Waals surface area contributed by atoms with Gasteiger partial charge in [-0.05, 0) is 17.7 Å². The van der Waals surface area contributed by atoms with Crippen molar-refractivity contribution in [2.45, 2.75) is 6.10 Å². The lowest BCUT2D eigenvalue weighted by Gasteiger charge is -2.25. The minimum absolute atomic E-state index is 0.359. The molecule has 8 heteroatoms. The van der Waals surface area contributed by atoms with Gasteiger partial charge < -0.3 is 10.4 Å². The summed E-state index contributed by atoms with van der Waals surface area (Å²) in [6, 6.07) is 13.8. The van der Waals surface area contributed by atoms with E-state index in [4.69, 9.17) is 28.0 Å². The molecule has 0 saturated carbocycles. The highest BCUT2D eigenvalue weighted by Crippen LogP contribution is 2.31. The van der Waals surface area contributed by atoms with Crippen LogP contribution in [0.25, 0.3) is 0 Å². The number of rotatable bonds is 5. The number of hydrogen-bond donors (Lipinski definition) is 2. The average Bonchev–Trinajstić information content (AvgIpc) is 3.03. The zero-order chi connectivity index (χ0) is 17.8. The number of hydroxylamine groups is 2. The third-order valence-electron chi connectivity index (χ3n) is 3.56. The molecule has 0 saturated heterocycles. The van der Waals surface area contributed by atoms with Gasteiger partial charge in [0.2, 0.25) is 12.1 Å². The minimum Gasteiger partial charge on any atom is -0.479 e. The fourth-order valence-corrected chi connectivity index (χ4v) is 2.86. The van der Waals surface area contributed by atoms with Gasteiger partial charge >= 0.3 is 5.97 Å². The number of nitrogens with one attached hydrogen (secondary N) is 1. The van der Waals surface area contributed by atoms with Crippen molar-refractivity contribution >= 4 is 40.8 Å². The number of hydrogen-bond acceptors (Lipinski definition) is 5. The zero-order valence-corrected chi connectivity index (χ0v) is 14.5. The molecule has 1 unspecified atom stereocenters. The molecule has 2 N–H and O–H groups in total. The molecule has 6 nitrogen and oxygen atoms in total. The molecule has 0 spiro atoms. The lowest BCUT2D eigenvalue weighted by atomic mass is 10.1. The predicted octanol–water partition coefficient (Wildman–Crippen LogP) is 3.83. The Kier molecular flexibility index (Phi) is 5.43. The van der Waals surface area contributed by atoms with E-state index < -0.39 is 12.1 Å². The quantitative estimate of drug-likeness (QED) is 0.825. The number of carboxylic acid groups (broad SMARTS) is 1. The molecule has 1 aliphatic rings. The van der Waals surface area contributed by atoms with Crippen LogP contribution in [0.1, 0.15) is 11.7 Å². The van der Waals surface area contributed by atoms with Crippen LogP contribution in [0.5, 0.6) is 0 Å². The van der Waals surface area contributed by atoms with Crippen molar-refractivity contribution in [3.8, 4) is 0 Å². The van der Waals surface area contributed by atoms with Crippen LogP contribution in [0, 0.1) is 0 Å². The molecule has 0 aliphatic carbocycles. The topological polar surface area (TPSA) is 74.2 Å². The lowest BCUT2D eigenvalue weighted by molar-refractivity contribution is -0.181. The van der Waals surface area contributed by atoms with Crippen molar-refractivity contribution in [3.05, 3.63) is 64.1 Å². The second-order valence-corrected chi connectivity index (χ2v) is 6.08. The Hall–Kier alpha value is -2.28. The summed E-state index contributed by atoms with van der Waals surface area (Å²) < 4.78 is 0. The Morgan fingerprint density at radius 1 is 1.16 bits per heavy atom. The molecule has 130 valence electrons. The molecule has 0 radical (unpaired) electrons. The maximum absolute atomic E-state index is 11.6. The number of carbonyl (C=O) groups is 1. The second-order valence-electron chi connectivity index (χ2n) is 5.26. The maximum atomic E-state index is 11.6. The fourth-order valence-electron chi connectivity index (χ4n) is 2.37. The van der Waals surface area contributed by atoms with E-state index in [1.807, 2.05) is 6.07 Å². The number of aliphatic imine (C=N–C) groups is 1. The van der Waals surface area contributed by atoms with Crippen molar-refractivity contribution in [2.75, 3.05) is 18.4 Å². The van der Waals surface area contributed by atoms with Gasteiger partial charge in [0.1, 0.15) is 0 Å². The fraction of sp³-hybridized carbons (Fsp3) is 0.176. The van der Waals surface area contributed by atoms with Gasteiger partial charge in [0.15, 0.2) is 0 Å². The standard InChI is InChI=1S/C17H15Cl2N3O3/c18-12-7-4-8-13(19)14(12)21-17-20-9-10-22(17)25-15(16(23)24)11-5-2-1-3-6-11/h1-8,15H,9-10H2,(H,20,21)(H,23,24). The van der Waals surface area contributed by atoms with Gasteiger partial charge in [0.05, 0.1) is 28.8 Å². The maximum Gasteiger partial charge on any atom is 0.340 e.